The molecule has 0 saturated carbocycles. The Kier molecular flexibility index (Phi) is 8.96. The van der Waals surface area contributed by atoms with Crippen molar-refractivity contribution in [1.82, 2.24) is 0 Å². The van der Waals surface area contributed by atoms with Gasteiger partial charge in [-0.25, -0.2) is 0 Å². The molecule has 152 valence electrons. The number of benzene rings is 3. The molecule has 0 fully saturated rings. The lowest BCUT2D eigenvalue weighted by atomic mass is 9.80. The van der Waals surface area contributed by atoms with Gasteiger partial charge in [-0.1, -0.05) is 136 Å². The van der Waals surface area contributed by atoms with E-state index in [0.717, 1.165) is 27.5 Å². The van der Waals surface area contributed by atoms with Crippen LogP contribution in [0.5, 0.6) is 0 Å². The molecule has 2 unspecified atom stereocenters. The molecule has 0 heterocycles. The lowest BCUT2D eigenvalue weighted by Crippen LogP contribution is -2.34. The summed E-state index contributed by atoms with van der Waals surface area (Å²) in [6.07, 6.45) is 1.03. The summed E-state index contributed by atoms with van der Waals surface area (Å²) < 4.78 is 14.0. The highest BCUT2D eigenvalue weighted by atomic mass is 127. The van der Waals surface area contributed by atoms with E-state index in [4.69, 9.17) is 9.47 Å². The SMILES string of the molecule is CC(I)OC(CI)CCOC(c1ccccc1)(c1ccccc1)c1ccccc1. The number of hydrogen-bond acceptors (Lipinski definition) is 2. The van der Waals surface area contributed by atoms with Crippen molar-refractivity contribution >= 4 is 45.2 Å². The van der Waals surface area contributed by atoms with Gasteiger partial charge in [-0.05, 0) is 30.0 Å². The van der Waals surface area contributed by atoms with Crippen molar-refractivity contribution in [3.8, 4) is 0 Å². The monoisotopic (exact) mass is 612 g/mol. The Balaban J connectivity index is 2.01. The van der Waals surface area contributed by atoms with Gasteiger partial charge < -0.3 is 9.47 Å². The Bertz CT molecular complexity index is 742. The molecule has 29 heavy (non-hydrogen) atoms. The fourth-order valence-corrected chi connectivity index (χ4v) is 4.62. The standard InChI is InChI=1S/C25H26I2O2/c1-20(27)29-24(19-26)17-18-28-25(21-11-5-2-6-12-21,22-13-7-3-8-14-22)23-15-9-4-10-16-23/h2-16,20,24H,17-19H2,1H3. The van der Waals surface area contributed by atoms with Gasteiger partial charge in [0.15, 0.2) is 0 Å². The van der Waals surface area contributed by atoms with E-state index in [1.54, 1.807) is 0 Å². The average Bonchev–Trinajstić information content (AvgIpc) is 2.77. The maximum Gasteiger partial charge on any atom is 0.143 e. The molecule has 0 aliphatic rings. The Morgan fingerprint density at radius 1 is 0.759 bits per heavy atom. The van der Waals surface area contributed by atoms with Crippen LogP contribution in [0.15, 0.2) is 91.0 Å². The van der Waals surface area contributed by atoms with Crippen molar-refractivity contribution < 1.29 is 9.47 Å². The third-order valence-corrected chi connectivity index (χ3v) is 6.13. The molecule has 0 amide bonds. The molecule has 4 heteroatoms. The van der Waals surface area contributed by atoms with E-state index in [1.807, 2.05) is 18.2 Å². The average molecular weight is 612 g/mol. The molecule has 0 saturated heterocycles. The second-order valence-corrected chi connectivity index (χ2v) is 9.51. The van der Waals surface area contributed by atoms with Crippen molar-refractivity contribution in [3.63, 3.8) is 0 Å². The smallest absolute Gasteiger partial charge is 0.143 e. The third kappa shape index (κ3) is 5.81. The van der Waals surface area contributed by atoms with Crippen LogP contribution in [0.25, 0.3) is 0 Å². The maximum absolute atomic E-state index is 6.82. The van der Waals surface area contributed by atoms with Crippen LogP contribution >= 0.6 is 45.2 Å². The Labute approximate surface area is 201 Å². The normalized spacial score (nSPS) is 13.8. The Hall–Kier alpha value is -0.960. The molecular weight excluding hydrogens is 586 g/mol. The second kappa shape index (κ2) is 11.4. The summed E-state index contributed by atoms with van der Waals surface area (Å²) in [6, 6.07) is 31.5. The summed E-state index contributed by atoms with van der Waals surface area (Å²) in [7, 11) is 0. The molecule has 3 aromatic carbocycles. The van der Waals surface area contributed by atoms with Crippen molar-refractivity contribution in [1.29, 1.82) is 0 Å². The number of hydrogen-bond donors (Lipinski definition) is 0. The van der Waals surface area contributed by atoms with E-state index in [2.05, 4.69) is 125 Å². The van der Waals surface area contributed by atoms with E-state index in [-0.39, 0.29) is 10.2 Å². The van der Waals surface area contributed by atoms with Gasteiger partial charge >= 0.3 is 0 Å². The quantitative estimate of drug-likeness (QED) is 0.140. The van der Waals surface area contributed by atoms with Crippen LogP contribution < -0.4 is 0 Å². The zero-order chi connectivity index (χ0) is 20.5. The van der Waals surface area contributed by atoms with E-state index >= 15 is 0 Å². The minimum absolute atomic E-state index is 0.183. The molecule has 0 spiro atoms. The fourth-order valence-electron chi connectivity index (χ4n) is 3.56. The van der Waals surface area contributed by atoms with Gasteiger partial charge in [0.05, 0.1) is 12.7 Å². The van der Waals surface area contributed by atoms with Crippen LogP contribution in [0, 0.1) is 0 Å². The van der Waals surface area contributed by atoms with Crippen LogP contribution in [0.4, 0.5) is 0 Å². The number of halogens is 2. The highest BCUT2D eigenvalue weighted by Gasteiger charge is 2.37. The van der Waals surface area contributed by atoms with Gasteiger partial charge in [0, 0.05) is 4.43 Å². The predicted molar refractivity (Wildman–Crippen MR) is 137 cm³/mol. The highest BCUT2D eigenvalue weighted by Crippen LogP contribution is 2.40. The topological polar surface area (TPSA) is 18.5 Å². The summed E-state index contributed by atoms with van der Waals surface area (Å²) in [5.41, 5.74) is 2.74. The summed E-state index contributed by atoms with van der Waals surface area (Å²) in [5, 5.41) is 0. The molecule has 3 aromatic rings. The summed E-state index contributed by atoms with van der Waals surface area (Å²) in [6.45, 7) is 2.68. The Morgan fingerprint density at radius 2 is 1.17 bits per heavy atom. The van der Waals surface area contributed by atoms with Crippen molar-refractivity contribution in [2.75, 3.05) is 11.0 Å². The molecule has 0 N–H and O–H groups in total. The van der Waals surface area contributed by atoms with Gasteiger partial charge in [-0.2, -0.15) is 0 Å². The summed E-state index contributed by atoms with van der Waals surface area (Å²) >= 11 is 4.70. The minimum atomic E-state index is -0.657. The van der Waals surface area contributed by atoms with E-state index in [9.17, 15) is 0 Å². The lowest BCUT2D eigenvalue weighted by molar-refractivity contribution is -0.0171. The van der Waals surface area contributed by atoms with Gasteiger partial charge in [0.1, 0.15) is 9.71 Å². The van der Waals surface area contributed by atoms with Gasteiger partial charge in [-0.3, -0.25) is 0 Å². The van der Waals surface area contributed by atoms with E-state index in [0.29, 0.717) is 6.61 Å². The van der Waals surface area contributed by atoms with Crippen LogP contribution in [0.2, 0.25) is 0 Å². The molecule has 2 nitrogen and oxygen atoms in total. The van der Waals surface area contributed by atoms with Gasteiger partial charge in [-0.15, -0.1) is 0 Å². The van der Waals surface area contributed by atoms with Crippen molar-refractivity contribution in [3.05, 3.63) is 108 Å². The first-order chi connectivity index (χ1) is 14.2. The number of rotatable bonds is 10. The number of ether oxygens (including phenoxy) is 2. The maximum atomic E-state index is 6.82. The van der Waals surface area contributed by atoms with Crippen molar-refractivity contribution in [2.45, 2.75) is 29.2 Å². The van der Waals surface area contributed by atoms with Gasteiger partial charge in [0.2, 0.25) is 0 Å². The van der Waals surface area contributed by atoms with E-state index < -0.39 is 5.60 Å². The molecule has 0 bridgehead atoms. The van der Waals surface area contributed by atoms with Crippen LogP contribution in [-0.4, -0.2) is 21.2 Å². The van der Waals surface area contributed by atoms with Crippen LogP contribution in [-0.2, 0) is 15.1 Å². The number of alkyl halides is 2. The second-order valence-electron chi connectivity index (χ2n) is 6.87. The van der Waals surface area contributed by atoms with Crippen molar-refractivity contribution in [2.24, 2.45) is 0 Å². The summed E-state index contributed by atoms with van der Waals surface area (Å²) in [5.74, 6) is 0. The first-order valence-electron chi connectivity index (χ1n) is 9.83. The highest BCUT2D eigenvalue weighted by molar-refractivity contribution is 14.1. The molecule has 0 aliphatic carbocycles. The molecule has 0 aromatic heterocycles. The van der Waals surface area contributed by atoms with Crippen LogP contribution in [0.1, 0.15) is 30.0 Å². The first kappa shape index (κ1) is 22.7. The molecular formula is C25H26I2O2. The zero-order valence-electron chi connectivity index (χ0n) is 16.5. The predicted octanol–water partition coefficient (Wildman–Crippen LogP) is 6.99. The molecule has 2 atom stereocenters. The largest absolute Gasteiger partial charge is 0.364 e. The molecule has 0 radical (unpaired) electrons. The summed E-state index contributed by atoms with van der Waals surface area (Å²) in [4.78, 5) is 0. The zero-order valence-corrected chi connectivity index (χ0v) is 20.8. The first-order valence-corrected chi connectivity index (χ1v) is 12.6. The Morgan fingerprint density at radius 3 is 1.52 bits per heavy atom. The molecule has 0 aliphatic heterocycles. The minimum Gasteiger partial charge on any atom is -0.364 e. The van der Waals surface area contributed by atoms with Gasteiger partial charge in [0.25, 0.3) is 0 Å². The van der Waals surface area contributed by atoms with E-state index in [1.165, 1.54) is 0 Å². The third-order valence-electron chi connectivity index (χ3n) is 4.85. The fraction of sp³-hybridized carbons (Fsp3) is 0.280. The molecule has 3 rings (SSSR count). The van der Waals surface area contributed by atoms with Crippen LogP contribution in [0.3, 0.4) is 0 Å². The lowest BCUT2D eigenvalue weighted by Gasteiger charge is -2.36.